The van der Waals surface area contributed by atoms with Crippen molar-refractivity contribution in [2.75, 3.05) is 0 Å². The van der Waals surface area contributed by atoms with Crippen LogP contribution in [-0.4, -0.2) is 25.4 Å². The van der Waals surface area contributed by atoms with Crippen LogP contribution in [0.15, 0.2) is 48.8 Å². The zero-order chi connectivity index (χ0) is 17.7. The summed E-state index contributed by atoms with van der Waals surface area (Å²) >= 11 is -1.38. The summed E-state index contributed by atoms with van der Waals surface area (Å²) in [5.74, 6) is -0.955. The van der Waals surface area contributed by atoms with Crippen LogP contribution in [0.25, 0.3) is 11.1 Å². The largest absolute Gasteiger partial charge is 0.598 e. The molecule has 0 bridgehead atoms. The van der Waals surface area contributed by atoms with Gasteiger partial charge in [0.2, 0.25) is 0 Å². The molecule has 0 fully saturated rings. The minimum Gasteiger partial charge on any atom is -0.598 e. The van der Waals surface area contributed by atoms with Crippen LogP contribution in [0.3, 0.4) is 0 Å². The van der Waals surface area contributed by atoms with Crippen LogP contribution in [0, 0.1) is 0 Å². The monoisotopic (exact) mass is 346 g/mol. The Labute approximate surface area is 145 Å². The Morgan fingerprint density at radius 1 is 1.25 bits per heavy atom. The molecule has 5 nitrogen and oxygen atoms in total. The molecule has 0 amide bonds. The number of rotatable bonds is 6. The molecular weight excluding hydrogens is 324 g/mol. The van der Waals surface area contributed by atoms with Gasteiger partial charge in [0.25, 0.3) is 0 Å². The van der Waals surface area contributed by atoms with Crippen molar-refractivity contribution in [2.24, 2.45) is 0 Å². The molecule has 0 saturated heterocycles. The van der Waals surface area contributed by atoms with Gasteiger partial charge in [0.05, 0.1) is 12.5 Å². The fourth-order valence-corrected chi connectivity index (χ4v) is 2.98. The lowest BCUT2D eigenvalue weighted by Crippen LogP contribution is -2.41. The number of pyridine rings is 1. The van der Waals surface area contributed by atoms with E-state index in [1.807, 2.05) is 57.2 Å². The Kier molecular flexibility index (Phi) is 5.99. The molecule has 2 aromatic rings. The molecule has 24 heavy (non-hydrogen) atoms. The van der Waals surface area contributed by atoms with Crippen molar-refractivity contribution in [1.82, 2.24) is 9.71 Å². The summed E-state index contributed by atoms with van der Waals surface area (Å²) in [6.45, 7) is 5.52. The second-order valence-corrected chi connectivity index (χ2v) is 8.52. The fraction of sp³-hybridized carbons (Fsp3) is 0.333. The lowest BCUT2D eigenvalue weighted by Gasteiger charge is -2.27. The number of carboxylic acids is 1. The van der Waals surface area contributed by atoms with E-state index in [-0.39, 0.29) is 6.42 Å². The second kappa shape index (κ2) is 7.79. The van der Waals surface area contributed by atoms with E-state index in [0.29, 0.717) is 5.56 Å². The Balaban J connectivity index is 2.31. The molecule has 1 heterocycles. The van der Waals surface area contributed by atoms with E-state index in [1.54, 1.807) is 12.4 Å². The SMILES string of the molecule is CC(C)(C)[S+]([O-])NC(CC(=O)O)c1cncc(-c2ccccc2)c1. The van der Waals surface area contributed by atoms with E-state index in [4.69, 9.17) is 0 Å². The van der Waals surface area contributed by atoms with Gasteiger partial charge in [-0.15, -0.1) is 4.72 Å². The molecule has 128 valence electrons. The molecule has 0 spiro atoms. The maximum Gasteiger partial charge on any atom is 0.305 e. The third-order valence-corrected chi connectivity index (χ3v) is 5.06. The van der Waals surface area contributed by atoms with Gasteiger partial charge in [-0.05, 0) is 38.0 Å². The number of nitrogens with one attached hydrogen (secondary N) is 1. The van der Waals surface area contributed by atoms with Gasteiger partial charge in [0.1, 0.15) is 4.75 Å². The van der Waals surface area contributed by atoms with E-state index in [1.165, 1.54) is 0 Å². The molecule has 0 aliphatic carbocycles. The number of carboxylic acid groups (broad SMARTS) is 1. The highest BCUT2D eigenvalue weighted by atomic mass is 32.2. The smallest absolute Gasteiger partial charge is 0.305 e. The molecule has 2 atom stereocenters. The fourth-order valence-electron chi connectivity index (χ4n) is 2.14. The lowest BCUT2D eigenvalue weighted by atomic mass is 10.0. The summed E-state index contributed by atoms with van der Waals surface area (Å²) in [6.07, 6.45) is 3.19. The number of benzene rings is 1. The van der Waals surface area contributed by atoms with E-state index in [9.17, 15) is 14.5 Å². The predicted octanol–water partition coefficient (Wildman–Crippen LogP) is 3.32. The van der Waals surface area contributed by atoms with Gasteiger partial charge in [0.15, 0.2) is 0 Å². The van der Waals surface area contributed by atoms with Gasteiger partial charge in [0, 0.05) is 29.3 Å². The Morgan fingerprint density at radius 2 is 1.92 bits per heavy atom. The van der Waals surface area contributed by atoms with Crippen LogP contribution in [0.5, 0.6) is 0 Å². The van der Waals surface area contributed by atoms with Crippen molar-refractivity contribution >= 4 is 17.3 Å². The van der Waals surface area contributed by atoms with Crippen molar-refractivity contribution < 1.29 is 14.5 Å². The first kappa shape index (κ1) is 18.4. The third kappa shape index (κ3) is 5.06. The number of aromatic nitrogens is 1. The molecule has 2 unspecified atom stereocenters. The molecule has 2 N–H and O–H groups in total. The van der Waals surface area contributed by atoms with Gasteiger partial charge in [-0.3, -0.25) is 9.78 Å². The number of aliphatic carboxylic acids is 1. The van der Waals surface area contributed by atoms with Crippen molar-refractivity contribution in [3.8, 4) is 11.1 Å². The van der Waals surface area contributed by atoms with Crippen LogP contribution in [0.4, 0.5) is 0 Å². The van der Waals surface area contributed by atoms with E-state index >= 15 is 0 Å². The van der Waals surface area contributed by atoms with Gasteiger partial charge < -0.3 is 9.66 Å². The Morgan fingerprint density at radius 3 is 2.50 bits per heavy atom. The molecule has 6 heteroatoms. The molecule has 0 aliphatic rings. The molecular formula is C18H22N2O3S. The first-order valence-corrected chi connectivity index (χ1v) is 8.82. The Bertz CT molecular complexity index is 686. The van der Waals surface area contributed by atoms with Crippen molar-refractivity contribution in [3.05, 3.63) is 54.4 Å². The number of nitrogens with zero attached hydrogens (tertiary/aromatic N) is 1. The van der Waals surface area contributed by atoms with Crippen LogP contribution in [-0.2, 0) is 16.2 Å². The highest BCUT2D eigenvalue weighted by Gasteiger charge is 2.31. The number of carbonyl (C=O) groups is 1. The topological polar surface area (TPSA) is 85.3 Å². The molecule has 1 aromatic heterocycles. The summed E-state index contributed by atoms with van der Waals surface area (Å²) in [5, 5.41) is 9.19. The molecule has 0 radical (unpaired) electrons. The summed E-state index contributed by atoms with van der Waals surface area (Å²) in [4.78, 5) is 15.4. The predicted molar refractivity (Wildman–Crippen MR) is 95.7 cm³/mol. The summed E-state index contributed by atoms with van der Waals surface area (Å²) in [6, 6.07) is 11.1. The van der Waals surface area contributed by atoms with Crippen LogP contribution in [0.2, 0.25) is 0 Å². The third-order valence-electron chi connectivity index (χ3n) is 3.45. The highest BCUT2D eigenvalue weighted by Crippen LogP contribution is 2.26. The summed E-state index contributed by atoms with van der Waals surface area (Å²) < 4.78 is 14.8. The quantitative estimate of drug-likeness (QED) is 0.784. The first-order chi connectivity index (χ1) is 11.3. The zero-order valence-corrected chi connectivity index (χ0v) is 14.8. The van der Waals surface area contributed by atoms with E-state index in [2.05, 4.69) is 9.71 Å². The molecule has 0 saturated carbocycles. The van der Waals surface area contributed by atoms with Crippen LogP contribution >= 0.6 is 0 Å². The molecule has 2 rings (SSSR count). The van der Waals surface area contributed by atoms with Crippen LogP contribution < -0.4 is 4.72 Å². The molecule has 0 aliphatic heterocycles. The van der Waals surface area contributed by atoms with Crippen LogP contribution in [0.1, 0.15) is 38.8 Å². The standard InChI is InChI=1S/C18H22N2O3S/c1-18(2,3)24(23)20-16(10-17(21)22)15-9-14(11-19-12-15)13-7-5-4-6-8-13/h4-9,11-12,16,20H,10H2,1-3H3,(H,21,22). The van der Waals surface area contributed by atoms with E-state index in [0.717, 1.165) is 11.1 Å². The average molecular weight is 346 g/mol. The van der Waals surface area contributed by atoms with Crippen molar-refractivity contribution in [1.29, 1.82) is 0 Å². The highest BCUT2D eigenvalue weighted by molar-refractivity contribution is 7.90. The maximum absolute atomic E-state index is 12.4. The summed E-state index contributed by atoms with van der Waals surface area (Å²) in [7, 11) is 0. The molecule has 1 aromatic carbocycles. The van der Waals surface area contributed by atoms with Crippen molar-refractivity contribution in [2.45, 2.75) is 38.0 Å². The first-order valence-electron chi connectivity index (χ1n) is 7.67. The second-order valence-electron chi connectivity index (χ2n) is 6.52. The number of hydrogen-bond acceptors (Lipinski definition) is 4. The van der Waals surface area contributed by atoms with Gasteiger partial charge in [-0.2, -0.15) is 0 Å². The Hall–Kier alpha value is -1.89. The van der Waals surface area contributed by atoms with Gasteiger partial charge in [-0.1, -0.05) is 30.3 Å². The zero-order valence-electron chi connectivity index (χ0n) is 14.0. The van der Waals surface area contributed by atoms with Gasteiger partial charge >= 0.3 is 5.97 Å². The van der Waals surface area contributed by atoms with Crippen molar-refractivity contribution in [3.63, 3.8) is 0 Å². The number of hydrogen-bond donors (Lipinski definition) is 2. The lowest BCUT2D eigenvalue weighted by molar-refractivity contribution is -0.137. The normalized spacial score (nSPS) is 14.2. The summed E-state index contributed by atoms with van der Waals surface area (Å²) in [5.41, 5.74) is 2.60. The van der Waals surface area contributed by atoms with Gasteiger partial charge in [-0.25, -0.2) is 0 Å². The van der Waals surface area contributed by atoms with E-state index < -0.39 is 28.1 Å². The maximum atomic E-state index is 12.4. The minimum absolute atomic E-state index is 0.165. The minimum atomic E-state index is -1.38. The average Bonchev–Trinajstić information content (AvgIpc) is 2.54.